The first-order valence-corrected chi connectivity index (χ1v) is 20.0. The molecular formula is C51H54N2O. The van der Waals surface area contributed by atoms with E-state index in [0.29, 0.717) is 0 Å². The molecule has 0 spiro atoms. The summed E-state index contributed by atoms with van der Waals surface area (Å²) in [7, 11) is 0. The van der Waals surface area contributed by atoms with Crippen LogP contribution in [0.15, 0.2) is 151 Å². The molecule has 2 heterocycles. The molecule has 1 fully saturated rings. The quantitative estimate of drug-likeness (QED) is 0.133. The maximum atomic E-state index is 8.14. The molecule has 1 aromatic heterocycles. The zero-order valence-electron chi connectivity index (χ0n) is 32.8. The minimum atomic E-state index is -0.794. The molecule has 2 unspecified atom stereocenters. The highest BCUT2D eigenvalue weighted by Crippen LogP contribution is 2.57. The minimum Gasteiger partial charge on any atom is -0.353 e. The molecule has 274 valence electrons. The summed E-state index contributed by atoms with van der Waals surface area (Å²) in [6.07, 6.45) is 7.22. The maximum Gasteiger partial charge on any atom is 0.145 e. The van der Waals surface area contributed by atoms with Crippen LogP contribution >= 0.6 is 0 Å². The van der Waals surface area contributed by atoms with E-state index in [4.69, 9.17) is 4.74 Å². The highest BCUT2D eigenvalue weighted by Gasteiger charge is 2.52. The van der Waals surface area contributed by atoms with E-state index in [1.54, 1.807) is 0 Å². The van der Waals surface area contributed by atoms with Gasteiger partial charge in [-0.15, -0.1) is 0 Å². The van der Waals surface area contributed by atoms with Crippen molar-refractivity contribution in [2.45, 2.75) is 96.9 Å². The first kappa shape index (κ1) is 35.9. The third kappa shape index (κ3) is 6.03. The van der Waals surface area contributed by atoms with Gasteiger partial charge in [-0.05, 0) is 72.2 Å². The topological polar surface area (TPSA) is 17.4 Å². The Morgan fingerprint density at radius 1 is 0.648 bits per heavy atom. The van der Waals surface area contributed by atoms with Crippen molar-refractivity contribution in [3.05, 3.63) is 196 Å². The van der Waals surface area contributed by atoms with Gasteiger partial charge in [0.15, 0.2) is 0 Å². The number of rotatable bonds is 11. The van der Waals surface area contributed by atoms with Gasteiger partial charge in [0.1, 0.15) is 17.9 Å². The fraction of sp³-hybridized carbons (Fsp3) is 0.294. The van der Waals surface area contributed by atoms with Crippen LogP contribution in [0, 0.1) is 13.8 Å². The van der Waals surface area contributed by atoms with Gasteiger partial charge in [0, 0.05) is 45.7 Å². The lowest BCUT2D eigenvalue weighted by Gasteiger charge is -2.40. The number of para-hydroxylation sites is 1. The van der Waals surface area contributed by atoms with Crippen molar-refractivity contribution in [3.63, 3.8) is 0 Å². The number of anilines is 1. The molecule has 0 bridgehead atoms. The normalized spacial score (nSPS) is 18.3. The zero-order valence-corrected chi connectivity index (χ0v) is 32.8. The molecule has 5 aromatic carbocycles. The Hall–Kier alpha value is -5.12. The smallest absolute Gasteiger partial charge is 0.145 e. The van der Waals surface area contributed by atoms with Gasteiger partial charge in [0.2, 0.25) is 0 Å². The van der Waals surface area contributed by atoms with Crippen LogP contribution in [0.4, 0.5) is 5.69 Å². The number of aromatic nitrogens is 1. The van der Waals surface area contributed by atoms with E-state index >= 15 is 0 Å². The van der Waals surface area contributed by atoms with Crippen molar-refractivity contribution in [2.75, 3.05) is 4.90 Å². The molecule has 2 aliphatic rings. The van der Waals surface area contributed by atoms with E-state index in [1.165, 1.54) is 61.7 Å². The molecule has 8 rings (SSSR count). The average molecular weight is 711 g/mol. The molecule has 6 aromatic rings. The van der Waals surface area contributed by atoms with Gasteiger partial charge in [-0.2, -0.15) is 0 Å². The van der Waals surface area contributed by atoms with Crippen LogP contribution < -0.4 is 4.90 Å². The number of allylic oxidation sites excluding steroid dienone is 1. The summed E-state index contributed by atoms with van der Waals surface area (Å²) >= 11 is 0. The van der Waals surface area contributed by atoms with Gasteiger partial charge < -0.3 is 14.2 Å². The standard InChI is InChI=1S/C51H54N2O/c1-7-20-38-22-19-23-39(21-8-2)48(38)53-42(35-50(5,6)40-24-11-9-12-25-40)34-47(49(53)52-36(3)32-33-37(52)4)54-51(41-26-13-10-14-27-41)45-30-17-15-28-43(45)44-29-16-18-31-46(44)51/h9-19,22-33,35,47,49H,7-8,20-21,34H2,1-6H3. The van der Waals surface area contributed by atoms with Crippen LogP contribution in [-0.4, -0.2) is 10.7 Å². The maximum absolute atomic E-state index is 8.14. The summed E-state index contributed by atoms with van der Waals surface area (Å²) in [5, 5.41) is 0. The molecule has 0 saturated carbocycles. The first-order chi connectivity index (χ1) is 26.3. The van der Waals surface area contributed by atoms with E-state index in [0.717, 1.165) is 37.7 Å². The SMILES string of the molecule is CCCc1cccc(CCC)c1N1C(=CC(C)(C)c2ccccc2)CC(OC2(c3ccccc3)c3ccccc3-c3ccccc32)C1n1c(C)ccc1C. The number of hydrogen-bond acceptors (Lipinski definition) is 2. The molecule has 54 heavy (non-hydrogen) atoms. The summed E-state index contributed by atoms with van der Waals surface area (Å²) in [4.78, 5) is 2.72. The molecule has 3 heteroatoms. The fourth-order valence-corrected chi connectivity index (χ4v) is 9.50. The van der Waals surface area contributed by atoms with Crippen LogP contribution in [0.3, 0.4) is 0 Å². The van der Waals surface area contributed by atoms with Crippen LogP contribution in [0.1, 0.15) is 97.9 Å². The summed E-state index contributed by atoms with van der Waals surface area (Å²) in [6, 6.07) is 51.3. The van der Waals surface area contributed by atoms with Gasteiger partial charge in [0.25, 0.3) is 0 Å². The number of fused-ring (bicyclic) bond motifs is 3. The number of benzene rings is 5. The number of aryl methyl sites for hydroxylation is 4. The highest BCUT2D eigenvalue weighted by molar-refractivity contribution is 5.82. The fourth-order valence-electron chi connectivity index (χ4n) is 9.50. The zero-order chi connectivity index (χ0) is 37.5. The Kier molecular flexibility index (Phi) is 9.71. The predicted octanol–water partition coefficient (Wildman–Crippen LogP) is 12.6. The first-order valence-electron chi connectivity index (χ1n) is 20.0. The van der Waals surface area contributed by atoms with Gasteiger partial charge >= 0.3 is 0 Å². The van der Waals surface area contributed by atoms with Crippen molar-refractivity contribution in [1.29, 1.82) is 0 Å². The molecule has 1 aliphatic carbocycles. The molecule has 1 saturated heterocycles. The molecule has 3 nitrogen and oxygen atoms in total. The number of hydrogen-bond donors (Lipinski definition) is 0. The minimum absolute atomic E-state index is 0.119. The lowest BCUT2D eigenvalue weighted by Crippen LogP contribution is -2.41. The van der Waals surface area contributed by atoms with Gasteiger partial charge in [-0.3, -0.25) is 0 Å². The van der Waals surface area contributed by atoms with Crippen LogP contribution in [0.2, 0.25) is 0 Å². The number of ether oxygens (including phenoxy) is 1. The van der Waals surface area contributed by atoms with Crippen molar-refractivity contribution in [1.82, 2.24) is 4.57 Å². The molecule has 0 amide bonds. The van der Waals surface area contributed by atoms with Crippen LogP contribution in [-0.2, 0) is 28.6 Å². The van der Waals surface area contributed by atoms with E-state index < -0.39 is 5.60 Å². The molecule has 2 atom stereocenters. The van der Waals surface area contributed by atoms with Crippen molar-refractivity contribution in [2.24, 2.45) is 0 Å². The molecule has 0 N–H and O–H groups in total. The monoisotopic (exact) mass is 710 g/mol. The summed E-state index contributed by atoms with van der Waals surface area (Å²) < 4.78 is 10.7. The van der Waals surface area contributed by atoms with Gasteiger partial charge in [-0.25, -0.2) is 0 Å². The molecule has 1 aliphatic heterocycles. The van der Waals surface area contributed by atoms with Crippen LogP contribution in [0.25, 0.3) is 11.1 Å². The Balaban J connectivity index is 1.42. The third-order valence-corrected chi connectivity index (χ3v) is 11.8. The third-order valence-electron chi connectivity index (χ3n) is 11.8. The number of nitrogens with zero attached hydrogens (tertiary/aromatic N) is 2. The van der Waals surface area contributed by atoms with Gasteiger partial charge in [0.05, 0.1) is 0 Å². The second-order valence-electron chi connectivity index (χ2n) is 15.9. The van der Waals surface area contributed by atoms with E-state index in [-0.39, 0.29) is 17.7 Å². The second-order valence-corrected chi connectivity index (χ2v) is 15.9. The van der Waals surface area contributed by atoms with Crippen molar-refractivity contribution < 1.29 is 4.74 Å². The van der Waals surface area contributed by atoms with E-state index in [1.807, 2.05) is 0 Å². The molecular weight excluding hydrogens is 657 g/mol. The lowest BCUT2D eigenvalue weighted by atomic mass is 9.83. The highest BCUT2D eigenvalue weighted by atomic mass is 16.5. The largest absolute Gasteiger partial charge is 0.353 e. The van der Waals surface area contributed by atoms with E-state index in [9.17, 15) is 0 Å². The average Bonchev–Trinajstić information content (AvgIpc) is 3.80. The lowest BCUT2D eigenvalue weighted by molar-refractivity contribution is -0.0580. The Morgan fingerprint density at radius 2 is 1.17 bits per heavy atom. The van der Waals surface area contributed by atoms with Gasteiger partial charge in [-0.1, -0.05) is 174 Å². The van der Waals surface area contributed by atoms with Crippen molar-refractivity contribution in [3.8, 4) is 11.1 Å². The summed E-state index contributed by atoms with van der Waals surface area (Å²) in [6.45, 7) is 13.9. The Bertz CT molecular complexity index is 2190. The Labute approximate surface area is 323 Å². The van der Waals surface area contributed by atoms with E-state index in [2.05, 4.69) is 197 Å². The Morgan fingerprint density at radius 3 is 1.72 bits per heavy atom. The summed E-state index contributed by atoms with van der Waals surface area (Å²) in [5.74, 6) is 0. The van der Waals surface area contributed by atoms with Crippen molar-refractivity contribution >= 4 is 5.69 Å². The molecule has 0 radical (unpaired) electrons. The summed E-state index contributed by atoms with van der Waals surface area (Å²) in [5.41, 5.74) is 14.4. The second kappa shape index (κ2) is 14.6. The predicted molar refractivity (Wildman–Crippen MR) is 225 cm³/mol. The van der Waals surface area contributed by atoms with Crippen LogP contribution in [0.5, 0.6) is 0 Å².